The summed E-state index contributed by atoms with van der Waals surface area (Å²) in [6.07, 6.45) is 4.75. The van der Waals surface area contributed by atoms with Crippen LogP contribution in [0, 0.1) is 5.92 Å². The third-order valence-electron chi connectivity index (χ3n) is 3.36. The van der Waals surface area contributed by atoms with E-state index in [0.717, 1.165) is 32.1 Å². The van der Waals surface area contributed by atoms with Crippen LogP contribution in [0.1, 0.15) is 46.0 Å². The minimum Gasteiger partial charge on any atom is -0.393 e. The van der Waals surface area contributed by atoms with Crippen molar-refractivity contribution in [2.45, 2.75) is 58.2 Å². The maximum atomic E-state index is 11.5. The summed E-state index contributed by atoms with van der Waals surface area (Å²) in [5.41, 5.74) is 0. The maximum Gasteiger partial charge on any atom is 0.314 e. The molecule has 0 aromatic carbocycles. The number of carbonyl (C=O) groups excluding carboxylic acids is 1. The predicted molar refractivity (Wildman–Crippen MR) is 75.1 cm³/mol. The van der Waals surface area contributed by atoms with Gasteiger partial charge >= 0.3 is 6.03 Å². The van der Waals surface area contributed by atoms with Gasteiger partial charge in [-0.25, -0.2) is 4.79 Å². The lowest BCUT2D eigenvalue weighted by atomic mass is 9.87. The van der Waals surface area contributed by atoms with Gasteiger partial charge in [0.2, 0.25) is 0 Å². The highest BCUT2D eigenvalue weighted by atomic mass is 16.5. The monoisotopic (exact) mass is 272 g/mol. The van der Waals surface area contributed by atoms with Gasteiger partial charge in [0, 0.05) is 19.7 Å². The van der Waals surface area contributed by atoms with E-state index in [4.69, 9.17) is 4.74 Å². The van der Waals surface area contributed by atoms with Gasteiger partial charge < -0.3 is 20.5 Å². The fraction of sp³-hybridized carbons (Fsp3) is 0.929. The Kier molecular flexibility index (Phi) is 7.82. The van der Waals surface area contributed by atoms with E-state index < -0.39 is 0 Å². The molecule has 2 atom stereocenters. The summed E-state index contributed by atoms with van der Waals surface area (Å²) in [7, 11) is 0. The number of aliphatic hydroxyl groups is 1. The van der Waals surface area contributed by atoms with Crippen LogP contribution in [-0.4, -0.2) is 43.0 Å². The van der Waals surface area contributed by atoms with Crippen LogP contribution in [-0.2, 0) is 4.74 Å². The number of hydrogen-bond donors (Lipinski definition) is 3. The number of carbonyl (C=O) groups is 1. The Morgan fingerprint density at radius 1 is 1.37 bits per heavy atom. The molecule has 19 heavy (non-hydrogen) atoms. The second kappa shape index (κ2) is 9.15. The molecular weight excluding hydrogens is 244 g/mol. The largest absolute Gasteiger partial charge is 0.393 e. The van der Waals surface area contributed by atoms with E-state index in [2.05, 4.69) is 10.6 Å². The van der Waals surface area contributed by atoms with Crippen LogP contribution in [0.5, 0.6) is 0 Å². The van der Waals surface area contributed by atoms with Crippen molar-refractivity contribution in [3.05, 3.63) is 0 Å². The minimum absolute atomic E-state index is 0.121. The van der Waals surface area contributed by atoms with Gasteiger partial charge in [-0.1, -0.05) is 6.42 Å². The smallest absolute Gasteiger partial charge is 0.314 e. The Bertz CT molecular complexity index is 259. The van der Waals surface area contributed by atoms with E-state index in [1.165, 1.54) is 0 Å². The molecule has 1 fully saturated rings. The van der Waals surface area contributed by atoms with Gasteiger partial charge in [0.1, 0.15) is 0 Å². The highest BCUT2D eigenvalue weighted by molar-refractivity contribution is 5.73. The Labute approximate surface area is 116 Å². The number of amides is 2. The summed E-state index contributed by atoms with van der Waals surface area (Å²) >= 11 is 0. The Balaban J connectivity index is 1.98. The van der Waals surface area contributed by atoms with Crippen LogP contribution < -0.4 is 10.6 Å². The minimum atomic E-state index is -0.184. The third kappa shape index (κ3) is 8.06. The highest BCUT2D eigenvalue weighted by Gasteiger charge is 2.20. The molecule has 0 bridgehead atoms. The number of hydrogen-bond acceptors (Lipinski definition) is 3. The normalized spacial score (nSPS) is 23.4. The van der Waals surface area contributed by atoms with E-state index in [9.17, 15) is 9.90 Å². The lowest BCUT2D eigenvalue weighted by Crippen LogP contribution is -2.40. The van der Waals surface area contributed by atoms with Crippen molar-refractivity contribution in [1.82, 2.24) is 10.6 Å². The standard InChI is InChI=1S/C14H28N2O3/c1-11(2)19-8-4-7-15-14(18)16-10-12-5-3-6-13(17)9-12/h11-13,17H,3-10H2,1-2H3,(H2,15,16,18). The molecule has 1 rings (SSSR count). The van der Waals surface area contributed by atoms with Gasteiger partial charge in [-0.2, -0.15) is 0 Å². The van der Waals surface area contributed by atoms with Crippen molar-refractivity contribution in [3.8, 4) is 0 Å². The number of nitrogens with one attached hydrogen (secondary N) is 2. The zero-order valence-electron chi connectivity index (χ0n) is 12.2. The van der Waals surface area contributed by atoms with E-state index in [1.54, 1.807) is 0 Å². The lowest BCUT2D eigenvalue weighted by Gasteiger charge is -2.25. The van der Waals surface area contributed by atoms with Crippen molar-refractivity contribution >= 4 is 6.03 Å². The Hall–Kier alpha value is -0.810. The molecule has 3 N–H and O–H groups in total. The molecule has 5 nitrogen and oxygen atoms in total. The number of aliphatic hydroxyl groups excluding tert-OH is 1. The molecule has 2 amide bonds. The van der Waals surface area contributed by atoms with E-state index in [1.807, 2.05) is 13.8 Å². The van der Waals surface area contributed by atoms with Crippen LogP contribution in [0.4, 0.5) is 4.79 Å². The number of ether oxygens (including phenoxy) is 1. The van der Waals surface area contributed by atoms with Crippen LogP contribution in [0.2, 0.25) is 0 Å². The summed E-state index contributed by atoms with van der Waals surface area (Å²) in [4.78, 5) is 11.5. The Morgan fingerprint density at radius 3 is 2.84 bits per heavy atom. The molecule has 0 aliphatic heterocycles. The van der Waals surface area contributed by atoms with Gasteiger partial charge in [-0.05, 0) is 45.4 Å². The highest BCUT2D eigenvalue weighted by Crippen LogP contribution is 2.23. The molecule has 1 saturated carbocycles. The van der Waals surface area contributed by atoms with Gasteiger partial charge in [-0.15, -0.1) is 0 Å². The topological polar surface area (TPSA) is 70.6 Å². The molecule has 0 heterocycles. The average Bonchev–Trinajstić information content (AvgIpc) is 2.35. The van der Waals surface area contributed by atoms with Crippen molar-refractivity contribution in [2.75, 3.05) is 19.7 Å². The van der Waals surface area contributed by atoms with Gasteiger partial charge in [0.15, 0.2) is 0 Å². The molecule has 1 aliphatic carbocycles. The average molecular weight is 272 g/mol. The van der Waals surface area contributed by atoms with Crippen LogP contribution in [0.15, 0.2) is 0 Å². The number of urea groups is 1. The quantitative estimate of drug-likeness (QED) is 0.617. The summed E-state index contributed by atoms with van der Waals surface area (Å²) in [6, 6.07) is -0.121. The SMILES string of the molecule is CC(C)OCCCNC(=O)NCC1CCCC(O)C1. The summed E-state index contributed by atoms with van der Waals surface area (Å²) in [5.74, 6) is 0.416. The predicted octanol–water partition coefficient (Wildman–Crippen LogP) is 1.65. The molecule has 0 radical (unpaired) electrons. The van der Waals surface area contributed by atoms with Gasteiger partial charge in [-0.3, -0.25) is 0 Å². The zero-order chi connectivity index (χ0) is 14.1. The molecule has 112 valence electrons. The fourth-order valence-corrected chi connectivity index (χ4v) is 2.34. The number of rotatable bonds is 7. The van der Waals surface area contributed by atoms with Crippen molar-refractivity contribution in [2.24, 2.45) is 5.92 Å². The van der Waals surface area contributed by atoms with Crippen molar-refractivity contribution in [1.29, 1.82) is 0 Å². The maximum absolute atomic E-state index is 11.5. The van der Waals surface area contributed by atoms with E-state index in [0.29, 0.717) is 25.6 Å². The second-order valence-corrected chi connectivity index (χ2v) is 5.60. The summed E-state index contributed by atoms with van der Waals surface area (Å²) in [5, 5.41) is 15.2. The molecule has 2 unspecified atom stereocenters. The van der Waals surface area contributed by atoms with E-state index in [-0.39, 0.29) is 18.2 Å². The summed E-state index contributed by atoms with van der Waals surface area (Å²) in [6.45, 7) is 5.96. The molecule has 0 aromatic heterocycles. The first-order chi connectivity index (χ1) is 9.08. The summed E-state index contributed by atoms with van der Waals surface area (Å²) < 4.78 is 5.39. The molecular formula is C14H28N2O3. The second-order valence-electron chi connectivity index (χ2n) is 5.60. The Morgan fingerprint density at radius 2 is 2.16 bits per heavy atom. The zero-order valence-corrected chi connectivity index (χ0v) is 12.2. The van der Waals surface area contributed by atoms with Crippen molar-refractivity contribution in [3.63, 3.8) is 0 Å². The lowest BCUT2D eigenvalue weighted by molar-refractivity contribution is 0.0773. The molecule has 0 spiro atoms. The molecule has 0 aromatic rings. The van der Waals surface area contributed by atoms with Gasteiger partial charge in [0.05, 0.1) is 12.2 Å². The van der Waals surface area contributed by atoms with Crippen LogP contribution in [0.25, 0.3) is 0 Å². The first kappa shape index (κ1) is 16.2. The molecule has 5 heteroatoms. The first-order valence-corrected chi connectivity index (χ1v) is 7.39. The van der Waals surface area contributed by atoms with E-state index >= 15 is 0 Å². The van der Waals surface area contributed by atoms with Crippen LogP contribution in [0.3, 0.4) is 0 Å². The van der Waals surface area contributed by atoms with Crippen molar-refractivity contribution < 1.29 is 14.6 Å². The van der Waals surface area contributed by atoms with Crippen LogP contribution >= 0.6 is 0 Å². The fourth-order valence-electron chi connectivity index (χ4n) is 2.34. The first-order valence-electron chi connectivity index (χ1n) is 7.39. The molecule has 1 aliphatic rings. The third-order valence-corrected chi connectivity index (χ3v) is 3.36. The van der Waals surface area contributed by atoms with Gasteiger partial charge in [0.25, 0.3) is 0 Å². The molecule has 0 saturated heterocycles.